The molecule has 0 unspecified atom stereocenters. The van der Waals surface area contributed by atoms with Gasteiger partial charge in [0, 0.05) is 5.56 Å². The van der Waals surface area contributed by atoms with Crippen molar-refractivity contribution >= 4 is 84.1 Å². The standard InChI is InChI=1S/C7H2I3N3S/c8-7(9,10)5-3(1-11)6(13)14-4(5)2-12/h13H2. The van der Waals surface area contributed by atoms with Gasteiger partial charge in [-0.05, 0) is 67.8 Å². The zero-order valence-electron chi connectivity index (χ0n) is 6.51. The first-order chi connectivity index (χ1) is 6.41. The van der Waals surface area contributed by atoms with Crippen LogP contribution in [0, 0.1) is 22.7 Å². The molecule has 7 heteroatoms. The minimum absolute atomic E-state index is 0.308. The second-order valence-corrected chi connectivity index (χ2v) is 14.4. The molecule has 0 aliphatic carbocycles. The number of rotatable bonds is 1. The summed E-state index contributed by atoms with van der Waals surface area (Å²) in [6.45, 7) is 0. The van der Waals surface area contributed by atoms with E-state index >= 15 is 0 Å². The predicted molar refractivity (Wildman–Crippen MR) is 81.9 cm³/mol. The van der Waals surface area contributed by atoms with Crippen molar-refractivity contribution in [2.75, 3.05) is 5.73 Å². The van der Waals surface area contributed by atoms with Crippen molar-refractivity contribution in [3.63, 3.8) is 0 Å². The molecule has 1 aromatic rings. The summed E-state index contributed by atoms with van der Waals surface area (Å²) in [5.74, 6) is 0. The highest BCUT2D eigenvalue weighted by molar-refractivity contribution is 14.3. The highest BCUT2D eigenvalue weighted by Crippen LogP contribution is 2.51. The van der Waals surface area contributed by atoms with Crippen LogP contribution >= 0.6 is 79.1 Å². The lowest BCUT2D eigenvalue weighted by atomic mass is 10.2. The number of nitrogens with two attached hydrogens (primary N) is 1. The molecule has 0 aromatic carbocycles. The van der Waals surface area contributed by atoms with Gasteiger partial charge in [-0.15, -0.1) is 11.3 Å². The van der Waals surface area contributed by atoms with Gasteiger partial charge in [-0.25, -0.2) is 0 Å². The van der Waals surface area contributed by atoms with Crippen molar-refractivity contribution < 1.29 is 0 Å². The molecule has 1 aromatic heterocycles. The maximum Gasteiger partial charge on any atom is 0.152 e. The third kappa shape index (κ3) is 2.43. The van der Waals surface area contributed by atoms with E-state index in [-0.39, 0.29) is -0.565 Å². The van der Waals surface area contributed by atoms with Gasteiger partial charge >= 0.3 is 0 Å². The van der Waals surface area contributed by atoms with Gasteiger partial charge in [0.15, 0.2) is -0.565 Å². The summed E-state index contributed by atoms with van der Waals surface area (Å²) in [5, 5.41) is 18.3. The largest absolute Gasteiger partial charge is 0.389 e. The van der Waals surface area contributed by atoms with Crippen molar-refractivity contribution in [1.82, 2.24) is 0 Å². The van der Waals surface area contributed by atoms with Gasteiger partial charge in [0.2, 0.25) is 0 Å². The first kappa shape index (κ1) is 12.7. The number of anilines is 1. The van der Waals surface area contributed by atoms with Crippen molar-refractivity contribution in [3.05, 3.63) is 16.0 Å². The summed E-state index contributed by atoms with van der Waals surface area (Å²) in [4.78, 5) is 0.525. The van der Waals surface area contributed by atoms with Crippen molar-refractivity contribution in [3.8, 4) is 12.1 Å². The van der Waals surface area contributed by atoms with E-state index in [9.17, 15) is 0 Å². The van der Waals surface area contributed by atoms with Gasteiger partial charge in [-0.2, -0.15) is 10.5 Å². The van der Waals surface area contributed by atoms with E-state index in [2.05, 4.69) is 73.8 Å². The lowest BCUT2D eigenvalue weighted by molar-refractivity contribution is 1.39. The van der Waals surface area contributed by atoms with E-state index in [1.807, 2.05) is 6.07 Å². The Morgan fingerprint density at radius 1 is 1.21 bits per heavy atom. The third-order valence-electron chi connectivity index (χ3n) is 1.43. The highest BCUT2D eigenvalue weighted by Gasteiger charge is 2.31. The van der Waals surface area contributed by atoms with Crippen LogP contribution in [0.1, 0.15) is 16.0 Å². The SMILES string of the molecule is N#Cc1sc(N)c(C#N)c1C(I)(I)I. The van der Waals surface area contributed by atoms with Crippen LogP contribution in [0.25, 0.3) is 0 Å². The number of hydrogen-bond donors (Lipinski definition) is 1. The van der Waals surface area contributed by atoms with Gasteiger partial charge in [0.25, 0.3) is 0 Å². The van der Waals surface area contributed by atoms with Crippen LogP contribution in [0.15, 0.2) is 0 Å². The van der Waals surface area contributed by atoms with Crippen molar-refractivity contribution in [1.29, 1.82) is 10.5 Å². The fourth-order valence-electron chi connectivity index (χ4n) is 0.909. The molecule has 0 aliphatic heterocycles. The molecule has 0 radical (unpaired) electrons. The minimum atomic E-state index is -0.308. The van der Waals surface area contributed by atoms with Crippen LogP contribution in [0.2, 0.25) is 0 Å². The Morgan fingerprint density at radius 3 is 2.14 bits per heavy atom. The summed E-state index contributed by atoms with van der Waals surface area (Å²) in [6, 6.07) is 4.12. The maximum atomic E-state index is 8.93. The molecule has 1 rings (SSSR count). The lowest BCUT2D eigenvalue weighted by Crippen LogP contribution is -2.01. The van der Waals surface area contributed by atoms with Crippen molar-refractivity contribution in [2.45, 2.75) is -0.565 Å². The molecule has 1 heterocycles. The fourth-order valence-corrected chi connectivity index (χ4v) is 3.95. The number of nitrogen functional groups attached to an aromatic ring is 1. The number of nitrogens with zero attached hydrogens (tertiary/aromatic N) is 2. The molecule has 14 heavy (non-hydrogen) atoms. The van der Waals surface area contributed by atoms with Crippen LogP contribution in [0.4, 0.5) is 5.00 Å². The summed E-state index contributed by atoms with van der Waals surface area (Å²) in [7, 11) is 0. The zero-order valence-corrected chi connectivity index (χ0v) is 13.8. The fraction of sp³-hybridized carbons (Fsp3) is 0.143. The van der Waals surface area contributed by atoms with E-state index < -0.39 is 0 Å². The molecule has 0 fully saturated rings. The zero-order chi connectivity index (χ0) is 10.9. The van der Waals surface area contributed by atoms with Crippen molar-refractivity contribution in [2.24, 2.45) is 0 Å². The molecule has 0 spiro atoms. The smallest absolute Gasteiger partial charge is 0.152 e. The second-order valence-electron chi connectivity index (χ2n) is 2.27. The first-order valence-corrected chi connectivity index (χ1v) is 7.26. The Bertz CT molecular complexity index is 446. The molecule has 0 saturated heterocycles. The molecule has 0 amide bonds. The molecule has 2 N–H and O–H groups in total. The van der Waals surface area contributed by atoms with Gasteiger partial charge in [0.05, 0.1) is 5.56 Å². The maximum absolute atomic E-state index is 8.93. The lowest BCUT2D eigenvalue weighted by Gasteiger charge is -2.11. The Morgan fingerprint density at radius 2 is 1.79 bits per heavy atom. The summed E-state index contributed by atoms with van der Waals surface area (Å²) >= 11 is 7.70. The van der Waals surface area contributed by atoms with Gasteiger partial charge in [-0.3, -0.25) is 0 Å². The minimum Gasteiger partial charge on any atom is -0.389 e. The van der Waals surface area contributed by atoms with E-state index in [0.29, 0.717) is 15.4 Å². The van der Waals surface area contributed by atoms with E-state index in [0.717, 1.165) is 5.56 Å². The monoisotopic (exact) mass is 541 g/mol. The van der Waals surface area contributed by atoms with Crippen LogP contribution in [-0.2, 0) is -0.565 Å². The van der Waals surface area contributed by atoms with Gasteiger partial charge in [-0.1, -0.05) is 0 Å². The Balaban J connectivity index is 3.56. The number of nitriles is 2. The van der Waals surface area contributed by atoms with Crippen LogP contribution < -0.4 is 5.73 Å². The Labute approximate surface area is 126 Å². The molecule has 0 saturated carbocycles. The molecule has 0 atom stereocenters. The third-order valence-corrected chi connectivity index (χ3v) is 3.97. The van der Waals surface area contributed by atoms with Crippen LogP contribution in [0.5, 0.6) is 0 Å². The van der Waals surface area contributed by atoms with E-state index in [1.165, 1.54) is 11.3 Å². The molecule has 72 valence electrons. The normalized spacial score (nSPS) is 10.6. The number of alkyl halides is 3. The first-order valence-electron chi connectivity index (χ1n) is 3.21. The van der Waals surface area contributed by atoms with Crippen LogP contribution in [0.3, 0.4) is 0 Å². The Hall–Kier alpha value is 0.670. The number of hydrogen-bond acceptors (Lipinski definition) is 4. The average molecular weight is 541 g/mol. The number of thiophene rings is 1. The second kappa shape index (κ2) is 4.67. The molecular weight excluding hydrogens is 539 g/mol. The van der Waals surface area contributed by atoms with Crippen LogP contribution in [-0.4, -0.2) is 0 Å². The average Bonchev–Trinajstić information content (AvgIpc) is 2.40. The quantitative estimate of drug-likeness (QED) is 0.438. The molecular formula is C7H2I3N3S. The highest BCUT2D eigenvalue weighted by atomic mass is 127. The predicted octanol–water partition coefficient (Wildman–Crippen LogP) is 3.49. The van der Waals surface area contributed by atoms with E-state index in [1.54, 1.807) is 0 Å². The summed E-state index contributed by atoms with van der Waals surface area (Å²) in [5.41, 5.74) is 6.82. The molecule has 0 bridgehead atoms. The summed E-state index contributed by atoms with van der Waals surface area (Å²) < 4.78 is -0.308. The Kier molecular flexibility index (Phi) is 4.25. The van der Waals surface area contributed by atoms with Gasteiger partial charge < -0.3 is 5.73 Å². The number of halogens is 3. The molecule has 0 aliphatic rings. The van der Waals surface area contributed by atoms with Gasteiger partial charge in [0.1, 0.15) is 22.0 Å². The molecule has 3 nitrogen and oxygen atoms in total. The summed E-state index contributed by atoms with van der Waals surface area (Å²) in [6.07, 6.45) is 0. The van der Waals surface area contributed by atoms with E-state index in [4.69, 9.17) is 16.3 Å². The topological polar surface area (TPSA) is 73.6 Å².